The van der Waals surface area contributed by atoms with Crippen molar-refractivity contribution >= 4 is 5.91 Å². The predicted molar refractivity (Wildman–Crippen MR) is 99.4 cm³/mol. The van der Waals surface area contributed by atoms with Crippen LogP contribution in [0.3, 0.4) is 0 Å². The Bertz CT molecular complexity index is 589. The quantitative estimate of drug-likeness (QED) is 0.737. The molecule has 2 aromatic rings. The molecule has 25 heavy (non-hydrogen) atoms. The van der Waals surface area contributed by atoms with Gasteiger partial charge in [0.05, 0.1) is 18.6 Å². The van der Waals surface area contributed by atoms with Crippen molar-refractivity contribution in [3.63, 3.8) is 0 Å². The zero-order chi connectivity index (χ0) is 18.1. The molecule has 2 N–H and O–H groups in total. The largest absolute Gasteiger partial charge is 0.389 e. The maximum Gasteiger partial charge on any atom is 0.232 e. The van der Waals surface area contributed by atoms with Gasteiger partial charge in [-0.3, -0.25) is 4.79 Å². The molecule has 2 aromatic carbocycles. The summed E-state index contributed by atoms with van der Waals surface area (Å²) in [5, 5.41) is 12.8. The fourth-order valence-electron chi connectivity index (χ4n) is 2.61. The highest BCUT2D eigenvalue weighted by atomic mass is 16.5. The van der Waals surface area contributed by atoms with Gasteiger partial charge in [-0.2, -0.15) is 0 Å². The van der Waals surface area contributed by atoms with Crippen molar-refractivity contribution in [2.45, 2.75) is 25.9 Å². The van der Waals surface area contributed by atoms with Crippen molar-refractivity contribution < 1.29 is 14.6 Å². The molecule has 134 valence electrons. The first-order valence-corrected chi connectivity index (χ1v) is 8.71. The second-order valence-corrected chi connectivity index (χ2v) is 6.58. The lowest BCUT2D eigenvalue weighted by Crippen LogP contribution is -2.37. The van der Waals surface area contributed by atoms with Crippen molar-refractivity contribution in [3.05, 3.63) is 71.8 Å². The fraction of sp³-hybridized carbons (Fsp3) is 0.381. The van der Waals surface area contributed by atoms with E-state index in [0.717, 1.165) is 11.1 Å². The van der Waals surface area contributed by atoms with E-state index in [1.165, 1.54) is 0 Å². The normalized spacial score (nSPS) is 12.4. The standard InChI is InChI=1S/C21H27NO3/c1-16(2)14-25-15-19(23)13-22-21(24)20(17-9-5-3-6-10-17)18-11-7-4-8-12-18/h3-12,16,19-20,23H,13-15H2,1-2H3,(H,22,24). The highest BCUT2D eigenvalue weighted by Gasteiger charge is 2.22. The van der Waals surface area contributed by atoms with Gasteiger partial charge in [0.25, 0.3) is 0 Å². The zero-order valence-electron chi connectivity index (χ0n) is 14.9. The Balaban J connectivity index is 1.99. The minimum atomic E-state index is -0.713. The predicted octanol–water partition coefficient (Wildman–Crippen LogP) is 2.97. The second kappa shape index (κ2) is 9.97. The Morgan fingerprint density at radius 1 is 0.960 bits per heavy atom. The second-order valence-electron chi connectivity index (χ2n) is 6.58. The number of aliphatic hydroxyl groups excluding tert-OH is 1. The van der Waals surface area contributed by atoms with Crippen molar-refractivity contribution in [2.24, 2.45) is 5.92 Å². The number of hydrogen-bond donors (Lipinski definition) is 2. The summed E-state index contributed by atoms with van der Waals surface area (Å²) in [5.41, 5.74) is 1.86. The summed E-state index contributed by atoms with van der Waals surface area (Å²) in [7, 11) is 0. The molecule has 0 fully saturated rings. The smallest absolute Gasteiger partial charge is 0.232 e. The molecule has 4 nitrogen and oxygen atoms in total. The molecule has 0 radical (unpaired) electrons. The molecule has 0 aliphatic carbocycles. The maximum absolute atomic E-state index is 12.8. The lowest BCUT2D eigenvalue weighted by molar-refractivity contribution is -0.122. The third-order valence-electron chi connectivity index (χ3n) is 3.80. The van der Waals surface area contributed by atoms with Crippen LogP contribution in [0.1, 0.15) is 30.9 Å². The van der Waals surface area contributed by atoms with Gasteiger partial charge in [0.1, 0.15) is 0 Å². The van der Waals surface area contributed by atoms with E-state index in [1.54, 1.807) is 0 Å². The minimum Gasteiger partial charge on any atom is -0.389 e. The van der Waals surface area contributed by atoms with E-state index >= 15 is 0 Å². The molecule has 0 saturated heterocycles. The molecule has 4 heteroatoms. The number of hydrogen-bond acceptors (Lipinski definition) is 3. The first-order valence-electron chi connectivity index (χ1n) is 8.71. The van der Waals surface area contributed by atoms with Crippen molar-refractivity contribution in [1.29, 1.82) is 0 Å². The van der Waals surface area contributed by atoms with Crippen LogP contribution in [-0.4, -0.2) is 36.9 Å². The summed E-state index contributed by atoms with van der Waals surface area (Å²) in [5.74, 6) is -0.103. The summed E-state index contributed by atoms with van der Waals surface area (Å²) in [6.45, 7) is 5.10. The number of carbonyl (C=O) groups excluding carboxylic acids is 1. The van der Waals surface area contributed by atoms with Crippen LogP contribution in [0.25, 0.3) is 0 Å². The molecule has 1 amide bonds. The van der Waals surface area contributed by atoms with E-state index in [4.69, 9.17) is 4.74 Å². The van der Waals surface area contributed by atoms with Crippen LogP contribution >= 0.6 is 0 Å². The highest BCUT2D eigenvalue weighted by Crippen LogP contribution is 2.24. The number of aliphatic hydroxyl groups is 1. The number of rotatable bonds is 9. The highest BCUT2D eigenvalue weighted by molar-refractivity contribution is 5.87. The lowest BCUT2D eigenvalue weighted by Gasteiger charge is -2.19. The van der Waals surface area contributed by atoms with Crippen molar-refractivity contribution in [3.8, 4) is 0 Å². The third-order valence-corrected chi connectivity index (χ3v) is 3.80. The van der Waals surface area contributed by atoms with Crippen molar-refractivity contribution in [2.75, 3.05) is 19.8 Å². The SMILES string of the molecule is CC(C)COCC(O)CNC(=O)C(c1ccccc1)c1ccccc1. The van der Waals surface area contributed by atoms with Crippen LogP contribution < -0.4 is 5.32 Å². The maximum atomic E-state index is 12.8. The summed E-state index contributed by atoms with van der Waals surface area (Å²) in [4.78, 5) is 12.8. The van der Waals surface area contributed by atoms with Gasteiger partial charge in [0.15, 0.2) is 0 Å². The number of ether oxygens (including phenoxy) is 1. The lowest BCUT2D eigenvalue weighted by atomic mass is 9.90. The topological polar surface area (TPSA) is 58.6 Å². The first-order chi connectivity index (χ1) is 12.1. The molecule has 0 bridgehead atoms. The van der Waals surface area contributed by atoms with E-state index < -0.39 is 12.0 Å². The van der Waals surface area contributed by atoms with Crippen LogP contribution in [0.15, 0.2) is 60.7 Å². The number of carbonyl (C=O) groups is 1. The van der Waals surface area contributed by atoms with E-state index in [-0.39, 0.29) is 19.1 Å². The molecular formula is C21H27NO3. The van der Waals surface area contributed by atoms with Gasteiger partial charge in [-0.15, -0.1) is 0 Å². The third kappa shape index (κ3) is 6.33. The molecule has 0 saturated carbocycles. The van der Waals surface area contributed by atoms with E-state index in [9.17, 15) is 9.90 Å². The van der Waals surface area contributed by atoms with Crippen LogP contribution in [0.4, 0.5) is 0 Å². The summed E-state index contributed by atoms with van der Waals surface area (Å²) < 4.78 is 5.42. The molecule has 0 heterocycles. The van der Waals surface area contributed by atoms with E-state index in [2.05, 4.69) is 19.2 Å². The van der Waals surface area contributed by atoms with Crippen LogP contribution in [0.2, 0.25) is 0 Å². The molecule has 0 aliphatic heterocycles. The number of amides is 1. The van der Waals surface area contributed by atoms with Gasteiger partial charge in [0, 0.05) is 13.2 Å². The average molecular weight is 341 g/mol. The van der Waals surface area contributed by atoms with Gasteiger partial charge < -0.3 is 15.2 Å². The van der Waals surface area contributed by atoms with Crippen LogP contribution in [0, 0.1) is 5.92 Å². The van der Waals surface area contributed by atoms with Gasteiger partial charge in [-0.25, -0.2) is 0 Å². The van der Waals surface area contributed by atoms with Crippen LogP contribution in [-0.2, 0) is 9.53 Å². The number of benzene rings is 2. The monoisotopic (exact) mass is 341 g/mol. The van der Waals surface area contributed by atoms with E-state index in [1.807, 2.05) is 60.7 Å². The van der Waals surface area contributed by atoms with Crippen LogP contribution in [0.5, 0.6) is 0 Å². The Morgan fingerprint density at radius 3 is 1.96 bits per heavy atom. The Hall–Kier alpha value is -2.17. The average Bonchev–Trinajstić information content (AvgIpc) is 2.62. The summed E-state index contributed by atoms with van der Waals surface area (Å²) >= 11 is 0. The Labute approximate surface area is 149 Å². The summed E-state index contributed by atoms with van der Waals surface area (Å²) in [6.07, 6.45) is -0.713. The first kappa shape index (κ1) is 19.2. The summed E-state index contributed by atoms with van der Waals surface area (Å²) in [6, 6.07) is 19.3. The Kier molecular flexibility index (Phi) is 7.64. The van der Waals surface area contributed by atoms with E-state index in [0.29, 0.717) is 12.5 Å². The molecule has 2 rings (SSSR count). The molecule has 0 spiro atoms. The minimum absolute atomic E-state index is 0.125. The molecular weight excluding hydrogens is 314 g/mol. The Morgan fingerprint density at radius 2 is 1.48 bits per heavy atom. The fourth-order valence-corrected chi connectivity index (χ4v) is 2.61. The molecule has 1 unspecified atom stereocenters. The van der Waals surface area contributed by atoms with Gasteiger partial charge in [0.2, 0.25) is 5.91 Å². The van der Waals surface area contributed by atoms with Gasteiger partial charge >= 0.3 is 0 Å². The van der Waals surface area contributed by atoms with Gasteiger partial charge in [-0.05, 0) is 17.0 Å². The van der Waals surface area contributed by atoms with Gasteiger partial charge in [-0.1, -0.05) is 74.5 Å². The number of nitrogens with one attached hydrogen (secondary N) is 1. The molecule has 0 aliphatic rings. The molecule has 1 atom stereocenters. The molecule has 0 aromatic heterocycles. The van der Waals surface area contributed by atoms with Crippen molar-refractivity contribution in [1.82, 2.24) is 5.32 Å². The zero-order valence-corrected chi connectivity index (χ0v) is 14.9.